The van der Waals surface area contributed by atoms with Gasteiger partial charge in [0.05, 0.1) is 13.2 Å². The predicted molar refractivity (Wildman–Crippen MR) is 70.3 cm³/mol. The summed E-state index contributed by atoms with van der Waals surface area (Å²) in [5, 5.41) is 0. The maximum Gasteiger partial charge on any atom is 0.127 e. The average Bonchev–Trinajstić information content (AvgIpc) is 3.02. The molecule has 3 nitrogen and oxygen atoms in total. The quantitative estimate of drug-likeness (QED) is 0.842. The molecule has 0 aromatic heterocycles. The van der Waals surface area contributed by atoms with E-state index in [1.165, 1.54) is 11.1 Å². The Balaban J connectivity index is 2.55. The molecule has 0 saturated heterocycles. The third-order valence-corrected chi connectivity index (χ3v) is 4.00. The molecule has 1 unspecified atom stereocenters. The summed E-state index contributed by atoms with van der Waals surface area (Å²) < 4.78 is 5.55. The molecule has 0 amide bonds. The standard InChI is InChI=1S/C14H22N2O/c1-8-7-9(2)11(12(17-4)10(8)3)13(15)14(16)5-6-14/h7,13H,5-6,15-16H2,1-4H3. The molecule has 0 aliphatic heterocycles. The Morgan fingerprint density at radius 2 is 1.82 bits per heavy atom. The lowest BCUT2D eigenvalue weighted by molar-refractivity contribution is 0.394. The van der Waals surface area contributed by atoms with Gasteiger partial charge < -0.3 is 16.2 Å². The number of ether oxygens (including phenoxy) is 1. The Morgan fingerprint density at radius 3 is 2.29 bits per heavy atom. The maximum absolute atomic E-state index is 6.33. The predicted octanol–water partition coefficient (Wildman–Crippen LogP) is 2.11. The lowest BCUT2D eigenvalue weighted by Gasteiger charge is -2.25. The van der Waals surface area contributed by atoms with E-state index in [1.54, 1.807) is 7.11 Å². The average molecular weight is 234 g/mol. The highest BCUT2D eigenvalue weighted by atomic mass is 16.5. The highest BCUT2D eigenvalue weighted by Gasteiger charge is 2.46. The van der Waals surface area contributed by atoms with Crippen LogP contribution in [0.15, 0.2) is 6.07 Å². The van der Waals surface area contributed by atoms with Gasteiger partial charge in [0.15, 0.2) is 0 Å². The number of hydrogen-bond acceptors (Lipinski definition) is 3. The number of methoxy groups -OCH3 is 1. The molecule has 0 spiro atoms. The van der Waals surface area contributed by atoms with Gasteiger partial charge in [0.1, 0.15) is 5.75 Å². The lowest BCUT2D eigenvalue weighted by Crippen LogP contribution is -2.37. The molecule has 17 heavy (non-hydrogen) atoms. The van der Waals surface area contributed by atoms with Gasteiger partial charge >= 0.3 is 0 Å². The van der Waals surface area contributed by atoms with E-state index in [0.29, 0.717) is 0 Å². The highest BCUT2D eigenvalue weighted by molar-refractivity contribution is 5.52. The number of aryl methyl sites for hydroxylation is 2. The first kappa shape index (κ1) is 12.4. The molecular formula is C14H22N2O. The van der Waals surface area contributed by atoms with Crippen LogP contribution in [0.25, 0.3) is 0 Å². The molecule has 1 saturated carbocycles. The van der Waals surface area contributed by atoms with E-state index in [1.807, 2.05) is 0 Å². The minimum Gasteiger partial charge on any atom is -0.496 e. The fourth-order valence-electron chi connectivity index (χ4n) is 2.46. The van der Waals surface area contributed by atoms with E-state index in [9.17, 15) is 0 Å². The van der Waals surface area contributed by atoms with Crippen LogP contribution in [0.2, 0.25) is 0 Å². The Morgan fingerprint density at radius 1 is 1.24 bits per heavy atom. The lowest BCUT2D eigenvalue weighted by atomic mass is 9.90. The van der Waals surface area contributed by atoms with Crippen molar-refractivity contribution in [3.8, 4) is 5.75 Å². The molecule has 1 aromatic rings. The maximum atomic E-state index is 6.33. The van der Waals surface area contributed by atoms with Crippen molar-refractivity contribution >= 4 is 0 Å². The molecule has 0 bridgehead atoms. The minimum atomic E-state index is -0.222. The summed E-state index contributed by atoms with van der Waals surface area (Å²) in [6, 6.07) is 2.04. The van der Waals surface area contributed by atoms with Gasteiger partial charge in [-0.2, -0.15) is 0 Å². The molecule has 1 fully saturated rings. The first-order valence-electron chi connectivity index (χ1n) is 6.10. The summed E-state index contributed by atoms with van der Waals surface area (Å²) in [4.78, 5) is 0. The van der Waals surface area contributed by atoms with Crippen LogP contribution in [0.4, 0.5) is 0 Å². The zero-order valence-electron chi connectivity index (χ0n) is 11.1. The van der Waals surface area contributed by atoms with Crippen LogP contribution >= 0.6 is 0 Å². The van der Waals surface area contributed by atoms with Crippen molar-refractivity contribution < 1.29 is 4.74 Å². The summed E-state index contributed by atoms with van der Waals surface area (Å²) in [5.74, 6) is 0.909. The van der Waals surface area contributed by atoms with E-state index in [2.05, 4.69) is 26.8 Å². The normalized spacial score (nSPS) is 18.9. The number of nitrogens with two attached hydrogens (primary N) is 2. The number of benzene rings is 1. The third kappa shape index (κ3) is 1.94. The van der Waals surface area contributed by atoms with Crippen molar-refractivity contribution in [3.05, 3.63) is 28.3 Å². The second kappa shape index (κ2) is 4.00. The monoisotopic (exact) mass is 234 g/mol. The summed E-state index contributed by atoms with van der Waals surface area (Å²) in [6.45, 7) is 6.24. The molecule has 94 valence electrons. The van der Waals surface area contributed by atoms with Crippen molar-refractivity contribution in [2.75, 3.05) is 7.11 Å². The largest absolute Gasteiger partial charge is 0.496 e. The van der Waals surface area contributed by atoms with Gasteiger partial charge in [-0.25, -0.2) is 0 Å². The zero-order valence-corrected chi connectivity index (χ0v) is 11.1. The second-order valence-corrected chi connectivity index (χ2v) is 5.29. The van der Waals surface area contributed by atoms with Gasteiger partial charge in [-0.1, -0.05) is 6.07 Å². The van der Waals surface area contributed by atoms with Gasteiger partial charge in [0.2, 0.25) is 0 Å². The van der Waals surface area contributed by atoms with Crippen LogP contribution in [0.1, 0.15) is 41.1 Å². The first-order valence-corrected chi connectivity index (χ1v) is 6.10. The topological polar surface area (TPSA) is 61.3 Å². The molecule has 2 rings (SSSR count). The molecule has 1 aliphatic carbocycles. The summed E-state index contributed by atoms with van der Waals surface area (Å²) in [6.07, 6.45) is 2.01. The van der Waals surface area contributed by atoms with Gasteiger partial charge in [-0.05, 0) is 50.3 Å². The van der Waals surface area contributed by atoms with E-state index < -0.39 is 0 Å². The molecule has 4 N–H and O–H groups in total. The van der Waals surface area contributed by atoms with Gasteiger partial charge in [0, 0.05) is 11.1 Å². The Hall–Kier alpha value is -1.06. The Bertz CT molecular complexity index is 450. The van der Waals surface area contributed by atoms with Crippen LogP contribution in [-0.2, 0) is 0 Å². The molecule has 1 atom stereocenters. The van der Waals surface area contributed by atoms with E-state index in [4.69, 9.17) is 16.2 Å². The number of rotatable bonds is 3. The fraction of sp³-hybridized carbons (Fsp3) is 0.571. The van der Waals surface area contributed by atoms with Gasteiger partial charge in [-0.15, -0.1) is 0 Å². The van der Waals surface area contributed by atoms with Crippen LogP contribution in [-0.4, -0.2) is 12.6 Å². The Labute approximate surface area is 103 Å². The van der Waals surface area contributed by atoms with E-state index >= 15 is 0 Å². The molecule has 1 aliphatic rings. The van der Waals surface area contributed by atoms with E-state index in [0.717, 1.165) is 29.7 Å². The van der Waals surface area contributed by atoms with Gasteiger partial charge in [0.25, 0.3) is 0 Å². The fourth-order valence-corrected chi connectivity index (χ4v) is 2.46. The first-order chi connectivity index (χ1) is 7.90. The number of hydrogen-bond donors (Lipinski definition) is 2. The van der Waals surface area contributed by atoms with Crippen LogP contribution in [0.3, 0.4) is 0 Å². The van der Waals surface area contributed by atoms with Crippen molar-refractivity contribution in [2.24, 2.45) is 11.5 Å². The highest BCUT2D eigenvalue weighted by Crippen LogP contribution is 2.46. The smallest absolute Gasteiger partial charge is 0.127 e. The molecule has 1 aromatic carbocycles. The van der Waals surface area contributed by atoms with Crippen LogP contribution in [0, 0.1) is 20.8 Å². The summed E-state index contributed by atoms with van der Waals surface area (Å²) in [5.41, 5.74) is 17.0. The van der Waals surface area contributed by atoms with E-state index in [-0.39, 0.29) is 11.6 Å². The molecular weight excluding hydrogens is 212 g/mol. The van der Waals surface area contributed by atoms with Crippen LogP contribution in [0.5, 0.6) is 5.75 Å². The summed E-state index contributed by atoms with van der Waals surface area (Å²) >= 11 is 0. The molecule has 0 radical (unpaired) electrons. The third-order valence-electron chi connectivity index (χ3n) is 4.00. The zero-order chi connectivity index (χ0) is 12.8. The second-order valence-electron chi connectivity index (χ2n) is 5.29. The molecule has 3 heteroatoms. The summed E-state index contributed by atoms with van der Waals surface area (Å²) in [7, 11) is 1.70. The van der Waals surface area contributed by atoms with Crippen molar-refractivity contribution in [3.63, 3.8) is 0 Å². The van der Waals surface area contributed by atoms with Crippen molar-refractivity contribution in [2.45, 2.75) is 45.2 Å². The SMILES string of the molecule is COc1c(C)c(C)cc(C)c1C(N)C1(N)CC1. The van der Waals surface area contributed by atoms with Crippen molar-refractivity contribution in [1.82, 2.24) is 0 Å². The van der Waals surface area contributed by atoms with Gasteiger partial charge in [-0.3, -0.25) is 0 Å². The minimum absolute atomic E-state index is 0.128. The Kier molecular flexibility index (Phi) is 2.92. The van der Waals surface area contributed by atoms with Crippen molar-refractivity contribution in [1.29, 1.82) is 0 Å². The molecule has 0 heterocycles. The van der Waals surface area contributed by atoms with Crippen LogP contribution < -0.4 is 16.2 Å².